The maximum Gasteiger partial charge on any atom is 0.139 e. The number of nitrogens with zero attached hydrogens (tertiary/aromatic N) is 5. The second kappa shape index (κ2) is 4.52. The average molecular weight is 217 g/mol. The smallest absolute Gasteiger partial charge is 0.139 e. The molecule has 16 heavy (non-hydrogen) atoms. The summed E-state index contributed by atoms with van der Waals surface area (Å²) in [4.78, 5) is 10.3. The van der Waals surface area contributed by atoms with Gasteiger partial charge in [0.15, 0.2) is 0 Å². The zero-order valence-electron chi connectivity index (χ0n) is 8.82. The highest BCUT2D eigenvalue weighted by Crippen LogP contribution is 2.19. The summed E-state index contributed by atoms with van der Waals surface area (Å²) in [5.74, 6) is 0. The van der Waals surface area contributed by atoms with Gasteiger partial charge in [-0.05, 0) is 36.4 Å². The van der Waals surface area contributed by atoms with Crippen molar-refractivity contribution in [3.8, 4) is 0 Å². The van der Waals surface area contributed by atoms with E-state index in [2.05, 4.69) is 15.4 Å². The highest BCUT2D eigenvalue weighted by molar-refractivity contribution is 5.52. The van der Waals surface area contributed by atoms with E-state index in [1.165, 1.54) is 0 Å². The summed E-state index contributed by atoms with van der Waals surface area (Å²) in [6.45, 7) is 2.79. The zero-order valence-corrected chi connectivity index (χ0v) is 8.82. The Morgan fingerprint density at radius 3 is 2.38 bits per heavy atom. The molecule has 0 atom stereocenters. The topological polar surface area (TPSA) is 63.4 Å². The second-order valence-corrected chi connectivity index (χ2v) is 3.17. The second-order valence-electron chi connectivity index (χ2n) is 3.17. The molecule has 0 aliphatic rings. The van der Waals surface area contributed by atoms with Gasteiger partial charge in [-0.15, -0.1) is 15.1 Å². The molecule has 0 saturated carbocycles. The van der Waals surface area contributed by atoms with Crippen molar-refractivity contribution in [2.24, 2.45) is 5.18 Å². The fraction of sp³-hybridized carbons (Fsp3) is 0.200. The van der Waals surface area contributed by atoms with Crippen LogP contribution in [0.2, 0.25) is 0 Å². The summed E-state index contributed by atoms with van der Waals surface area (Å²) < 4.78 is 1.78. The SMILES string of the molecule is CCN(c1ccc(N=O)cc1)n1cnnc1. The molecule has 0 bridgehead atoms. The number of rotatable bonds is 4. The Bertz CT molecular complexity index is 451. The van der Waals surface area contributed by atoms with Gasteiger partial charge in [0.05, 0.1) is 5.69 Å². The molecular weight excluding hydrogens is 206 g/mol. The first kappa shape index (κ1) is 10.3. The largest absolute Gasteiger partial charge is 0.279 e. The lowest BCUT2D eigenvalue weighted by atomic mass is 10.3. The molecule has 0 N–H and O–H groups in total. The molecule has 0 amide bonds. The summed E-state index contributed by atoms with van der Waals surface area (Å²) >= 11 is 0. The van der Waals surface area contributed by atoms with Crippen LogP contribution < -0.4 is 5.01 Å². The van der Waals surface area contributed by atoms with Crippen molar-refractivity contribution >= 4 is 11.4 Å². The number of hydrogen-bond donors (Lipinski definition) is 0. The molecule has 1 heterocycles. The number of anilines is 1. The quantitative estimate of drug-likeness (QED) is 0.734. The van der Waals surface area contributed by atoms with E-state index in [0.29, 0.717) is 5.69 Å². The van der Waals surface area contributed by atoms with Crippen LogP contribution in [-0.4, -0.2) is 21.4 Å². The lowest BCUT2D eigenvalue weighted by molar-refractivity contribution is 0.710. The average Bonchev–Trinajstić information content (AvgIpc) is 2.85. The molecule has 1 aromatic carbocycles. The third-order valence-electron chi connectivity index (χ3n) is 2.24. The Morgan fingerprint density at radius 2 is 1.88 bits per heavy atom. The first-order chi connectivity index (χ1) is 7.85. The first-order valence-corrected chi connectivity index (χ1v) is 4.91. The zero-order chi connectivity index (χ0) is 11.4. The lowest BCUT2D eigenvalue weighted by Crippen LogP contribution is -2.27. The normalized spacial score (nSPS) is 10.1. The van der Waals surface area contributed by atoms with Crippen LogP contribution >= 0.6 is 0 Å². The van der Waals surface area contributed by atoms with Gasteiger partial charge in [-0.1, -0.05) is 0 Å². The molecule has 6 heteroatoms. The number of nitroso groups, excluding NO2 is 1. The highest BCUT2D eigenvalue weighted by atomic mass is 16.3. The minimum Gasteiger partial charge on any atom is -0.279 e. The van der Waals surface area contributed by atoms with Gasteiger partial charge < -0.3 is 0 Å². The minimum atomic E-state index is 0.420. The number of aromatic nitrogens is 3. The predicted molar refractivity (Wildman–Crippen MR) is 60.3 cm³/mol. The molecule has 2 rings (SSSR count). The first-order valence-electron chi connectivity index (χ1n) is 4.91. The molecule has 0 fully saturated rings. The molecule has 82 valence electrons. The van der Waals surface area contributed by atoms with Crippen molar-refractivity contribution < 1.29 is 0 Å². The summed E-state index contributed by atoms with van der Waals surface area (Å²) in [7, 11) is 0. The molecule has 0 saturated heterocycles. The van der Waals surface area contributed by atoms with Gasteiger partial charge in [-0.3, -0.25) is 5.01 Å². The van der Waals surface area contributed by atoms with Crippen LogP contribution in [0.25, 0.3) is 0 Å². The van der Waals surface area contributed by atoms with Crippen LogP contribution in [0.3, 0.4) is 0 Å². The molecule has 0 spiro atoms. The predicted octanol–water partition coefficient (Wildman–Crippen LogP) is 1.97. The monoisotopic (exact) mass is 217 g/mol. The third-order valence-corrected chi connectivity index (χ3v) is 2.24. The van der Waals surface area contributed by atoms with Gasteiger partial charge >= 0.3 is 0 Å². The highest BCUT2D eigenvalue weighted by Gasteiger charge is 2.05. The molecule has 1 aromatic heterocycles. The summed E-state index contributed by atoms with van der Waals surface area (Å²) in [5, 5.41) is 12.3. The molecule has 0 aliphatic heterocycles. The van der Waals surface area contributed by atoms with Crippen LogP contribution in [0.5, 0.6) is 0 Å². The van der Waals surface area contributed by atoms with Crippen molar-refractivity contribution in [2.75, 3.05) is 11.6 Å². The fourth-order valence-corrected chi connectivity index (χ4v) is 1.48. The van der Waals surface area contributed by atoms with E-state index in [4.69, 9.17) is 0 Å². The van der Waals surface area contributed by atoms with Gasteiger partial charge in [0.1, 0.15) is 18.3 Å². The maximum absolute atomic E-state index is 10.3. The summed E-state index contributed by atoms with van der Waals surface area (Å²) in [5.41, 5.74) is 1.37. The fourth-order valence-electron chi connectivity index (χ4n) is 1.48. The Balaban J connectivity index is 2.30. The van der Waals surface area contributed by atoms with Crippen LogP contribution in [0.1, 0.15) is 6.92 Å². The van der Waals surface area contributed by atoms with E-state index in [0.717, 1.165) is 12.2 Å². The van der Waals surface area contributed by atoms with E-state index in [1.54, 1.807) is 29.5 Å². The Kier molecular flexibility index (Phi) is 2.90. The van der Waals surface area contributed by atoms with Gasteiger partial charge in [0, 0.05) is 6.54 Å². The van der Waals surface area contributed by atoms with E-state index in [1.807, 2.05) is 24.1 Å². The Morgan fingerprint density at radius 1 is 1.25 bits per heavy atom. The number of hydrogen-bond acceptors (Lipinski definition) is 5. The van der Waals surface area contributed by atoms with Crippen molar-refractivity contribution in [1.29, 1.82) is 0 Å². The van der Waals surface area contributed by atoms with Gasteiger partial charge in [-0.2, -0.15) is 0 Å². The Hall–Kier alpha value is -2.24. The molecular formula is C10H11N5O. The molecule has 0 radical (unpaired) electrons. The molecule has 6 nitrogen and oxygen atoms in total. The van der Waals surface area contributed by atoms with E-state index < -0.39 is 0 Å². The molecule has 0 aliphatic carbocycles. The summed E-state index contributed by atoms with van der Waals surface area (Å²) in [6, 6.07) is 7.02. The van der Waals surface area contributed by atoms with Gasteiger partial charge in [-0.25, -0.2) is 4.68 Å². The van der Waals surface area contributed by atoms with Crippen molar-refractivity contribution in [3.63, 3.8) is 0 Å². The van der Waals surface area contributed by atoms with E-state index >= 15 is 0 Å². The van der Waals surface area contributed by atoms with Crippen molar-refractivity contribution in [3.05, 3.63) is 41.8 Å². The van der Waals surface area contributed by atoms with E-state index in [9.17, 15) is 4.91 Å². The lowest BCUT2D eigenvalue weighted by Gasteiger charge is -2.22. The van der Waals surface area contributed by atoms with Crippen LogP contribution in [0.4, 0.5) is 11.4 Å². The summed E-state index contributed by atoms with van der Waals surface area (Å²) in [6.07, 6.45) is 3.24. The van der Waals surface area contributed by atoms with Crippen molar-refractivity contribution in [2.45, 2.75) is 6.92 Å². The van der Waals surface area contributed by atoms with Gasteiger partial charge in [0.2, 0.25) is 0 Å². The standard InChI is InChI=1S/C10H11N5O/c1-2-15(14-7-11-12-8-14)10-5-3-9(13-16)4-6-10/h3-8H,2H2,1H3. The third kappa shape index (κ3) is 1.90. The minimum absolute atomic E-state index is 0.420. The molecule has 2 aromatic rings. The Labute approximate surface area is 92.5 Å². The maximum atomic E-state index is 10.3. The van der Waals surface area contributed by atoms with Crippen molar-refractivity contribution in [1.82, 2.24) is 14.9 Å². The number of benzene rings is 1. The van der Waals surface area contributed by atoms with E-state index in [-0.39, 0.29) is 0 Å². The molecule has 0 unspecified atom stereocenters. The van der Waals surface area contributed by atoms with Crippen LogP contribution in [0, 0.1) is 4.91 Å². The van der Waals surface area contributed by atoms with Crippen LogP contribution in [0.15, 0.2) is 42.1 Å². The van der Waals surface area contributed by atoms with Crippen LogP contribution in [-0.2, 0) is 0 Å². The van der Waals surface area contributed by atoms with Gasteiger partial charge in [0.25, 0.3) is 0 Å².